The van der Waals surface area contributed by atoms with Crippen molar-refractivity contribution in [3.8, 4) is 6.07 Å². The molecule has 0 atom stereocenters. The fourth-order valence-electron chi connectivity index (χ4n) is 1.94. The minimum Gasteiger partial charge on any atom is -0.324 e. The fourth-order valence-corrected chi connectivity index (χ4v) is 2.61. The molecule has 1 N–H and O–H groups in total. The maximum absolute atomic E-state index is 12.0. The van der Waals surface area contributed by atoms with Crippen molar-refractivity contribution in [2.24, 2.45) is 0 Å². The maximum Gasteiger partial charge on any atom is 0.244 e. The topological polar surface area (TPSA) is 90.3 Å². The molecule has 1 aliphatic heterocycles. The van der Waals surface area contributed by atoms with Crippen LogP contribution in [-0.2, 0) is 14.4 Å². The van der Waals surface area contributed by atoms with Crippen molar-refractivity contribution in [3.63, 3.8) is 0 Å². The van der Waals surface area contributed by atoms with Crippen LogP contribution in [0.25, 0.3) is 0 Å². The van der Waals surface area contributed by atoms with Gasteiger partial charge in [-0.1, -0.05) is 12.1 Å². The van der Waals surface area contributed by atoms with E-state index in [-0.39, 0.29) is 37.0 Å². The molecular formula is C14H13N3O3S. The number of carbonyl (C=O) groups is 3. The molecule has 0 saturated carbocycles. The van der Waals surface area contributed by atoms with Gasteiger partial charge in [0, 0.05) is 17.7 Å². The number of para-hydroxylation sites is 1. The number of nitrogens with one attached hydrogen (secondary N) is 1. The third kappa shape index (κ3) is 3.83. The lowest BCUT2D eigenvalue weighted by molar-refractivity contribution is -0.141. The summed E-state index contributed by atoms with van der Waals surface area (Å²) in [5.41, 5.74) is 0.571. The Balaban J connectivity index is 2.01. The van der Waals surface area contributed by atoms with Gasteiger partial charge in [0.1, 0.15) is 6.54 Å². The summed E-state index contributed by atoms with van der Waals surface area (Å²) in [7, 11) is 0. The summed E-state index contributed by atoms with van der Waals surface area (Å²) in [4.78, 5) is 36.6. The van der Waals surface area contributed by atoms with Crippen molar-refractivity contribution >= 4 is 35.2 Å². The molecule has 0 spiro atoms. The number of carbonyl (C=O) groups excluding carboxylic acids is 3. The second kappa shape index (κ2) is 6.90. The summed E-state index contributed by atoms with van der Waals surface area (Å²) in [6.07, 6.45) is 0.335. The van der Waals surface area contributed by atoms with Gasteiger partial charge in [-0.3, -0.25) is 19.3 Å². The van der Waals surface area contributed by atoms with E-state index in [0.717, 1.165) is 9.80 Å². The maximum atomic E-state index is 12.0. The summed E-state index contributed by atoms with van der Waals surface area (Å²) in [6, 6.07) is 9.10. The summed E-state index contributed by atoms with van der Waals surface area (Å²) in [5.74, 6) is -0.788. The number of rotatable bonds is 5. The molecule has 1 heterocycles. The molecule has 0 aliphatic carbocycles. The minimum atomic E-state index is -0.427. The van der Waals surface area contributed by atoms with Crippen LogP contribution in [0.4, 0.5) is 5.69 Å². The zero-order chi connectivity index (χ0) is 15.2. The van der Waals surface area contributed by atoms with E-state index < -0.39 is 5.91 Å². The van der Waals surface area contributed by atoms with Crippen molar-refractivity contribution in [3.05, 3.63) is 24.3 Å². The van der Waals surface area contributed by atoms with Gasteiger partial charge in [-0.2, -0.15) is 5.26 Å². The molecule has 7 heteroatoms. The number of anilines is 1. The van der Waals surface area contributed by atoms with Crippen LogP contribution in [0, 0.1) is 11.3 Å². The van der Waals surface area contributed by atoms with Gasteiger partial charge in [0.05, 0.1) is 17.5 Å². The Hall–Kier alpha value is -2.33. The molecule has 0 radical (unpaired) electrons. The minimum absolute atomic E-state index is 0.167. The molecule has 108 valence electrons. The van der Waals surface area contributed by atoms with Crippen LogP contribution in [0.2, 0.25) is 0 Å². The van der Waals surface area contributed by atoms with Crippen molar-refractivity contribution in [1.29, 1.82) is 5.26 Å². The number of likely N-dealkylation sites (tertiary alicyclic amines) is 1. The van der Waals surface area contributed by atoms with Crippen LogP contribution < -0.4 is 5.32 Å². The third-order valence-corrected chi connectivity index (χ3v) is 3.85. The van der Waals surface area contributed by atoms with Crippen LogP contribution in [0.15, 0.2) is 29.2 Å². The van der Waals surface area contributed by atoms with E-state index in [1.165, 1.54) is 11.8 Å². The van der Waals surface area contributed by atoms with E-state index in [2.05, 4.69) is 5.32 Å². The smallest absolute Gasteiger partial charge is 0.244 e. The van der Waals surface area contributed by atoms with Crippen LogP contribution in [0.5, 0.6) is 0 Å². The molecule has 21 heavy (non-hydrogen) atoms. The average molecular weight is 303 g/mol. The Bertz CT molecular complexity index is 608. The zero-order valence-electron chi connectivity index (χ0n) is 11.2. The van der Waals surface area contributed by atoms with Gasteiger partial charge in [-0.05, 0) is 12.1 Å². The van der Waals surface area contributed by atoms with Crippen LogP contribution in [0.3, 0.4) is 0 Å². The first-order valence-corrected chi connectivity index (χ1v) is 7.32. The zero-order valence-corrected chi connectivity index (χ0v) is 12.0. The molecule has 1 aliphatic rings. The Morgan fingerprint density at radius 2 is 1.95 bits per heavy atom. The molecule has 3 amide bonds. The van der Waals surface area contributed by atoms with Gasteiger partial charge in [-0.25, -0.2) is 0 Å². The van der Waals surface area contributed by atoms with E-state index in [1.54, 1.807) is 18.2 Å². The van der Waals surface area contributed by atoms with E-state index in [9.17, 15) is 14.4 Å². The fraction of sp³-hybridized carbons (Fsp3) is 0.286. The van der Waals surface area contributed by atoms with E-state index >= 15 is 0 Å². The molecule has 2 rings (SSSR count). The standard InChI is InChI=1S/C14H13N3O3S/c15-7-8-21-11-4-2-1-3-10(11)16-12(18)9-17-13(19)5-6-14(17)20/h1-4H,5-6,8-9H2,(H,16,18). The quantitative estimate of drug-likeness (QED) is 0.655. The molecule has 0 unspecified atom stereocenters. The summed E-state index contributed by atoms with van der Waals surface area (Å²) >= 11 is 1.31. The molecule has 1 aromatic rings. The lowest BCUT2D eigenvalue weighted by Gasteiger charge is -2.14. The number of nitriles is 1. The lowest BCUT2D eigenvalue weighted by atomic mass is 10.3. The van der Waals surface area contributed by atoms with Crippen molar-refractivity contribution < 1.29 is 14.4 Å². The molecule has 0 bridgehead atoms. The number of benzene rings is 1. The Morgan fingerprint density at radius 3 is 2.62 bits per heavy atom. The van der Waals surface area contributed by atoms with Gasteiger partial charge in [0.15, 0.2) is 0 Å². The van der Waals surface area contributed by atoms with Gasteiger partial charge < -0.3 is 5.32 Å². The SMILES string of the molecule is N#CCSc1ccccc1NC(=O)CN1C(=O)CCC1=O. The van der Waals surface area contributed by atoms with E-state index in [1.807, 2.05) is 12.1 Å². The molecule has 1 saturated heterocycles. The highest BCUT2D eigenvalue weighted by Crippen LogP contribution is 2.26. The normalized spacial score (nSPS) is 14.1. The highest BCUT2D eigenvalue weighted by atomic mass is 32.2. The number of imide groups is 1. The Kier molecular flexibility index (Phi) is 4.95. The predicted octanol–water partition coefficient (Wildman–Crippen LogP) is 1.39. The molecule has 1 fully saturated rings. The number of nitrogens with zero attached hydrogens (tertiary/aromatic N) is 2. The second-order valence-electron chi connectivity index (χ2n) is 4.36. The molecule has 6 nitrogen and oxygen atoms in total. The Morgan fingerprint density at radius 1 is 1.29 bits per heavy atom. The number of hydrogen-bond donors (Lipinski definition) is 1. The molecule has 0 aromatic heterocycles. The van der Waals surface area contributed by atoms with Crippen molar-refractivity contribution in [2.75, 3.05) is 17.6 Å². The monoisotopic (exact) mass is 303 g/mol. The highest BCUT2D eigenvalue weighted by molar-refractivity contribution is 7.99. The summed E-state index contributed by atoms with van der Waals surface area (Å²) in [5, 5.41) is 11.3. The van der Waals surface area contributed by atoms with Gasteiger partial charge in [0.2, 0.25) is 17.7 Å². The number of hydrogen-bond acceptors (Lipinski definition) is 5. The largest absolute Gasteiger partial charge is 0.324 e. The van der Waals surface area contributed by atoms with Crippen molar-refractivity contribution in [1.82, 2.24) is 4.90 Å². The first-order chi connectivity index (χ1) is 10.1. The number of thioether (sulfide) groups is 1. The van der Waals surface area contributed by atoms with Gasteiger partial charge in [0.25, 0.3) is 0 Å². The van der Waals surface area contributed by atoms with Crippen LogP contribution >= 0.6 is 11.8 Å². The third-order valence-electron chi connectivity index (χ3n) is 2.91. The van der Waals surface area contributed by atoms with E-state index in [0.29, 0.717) is 5.69 Å². The van der Waals surface area contributed by atoms with E-state index in [4.69, 9.17) is 5.26 Å². The van der Waals surface area contributed by atoms with Gasteiger partial charge in [-0.15, -0.1) is 11.8 Å². The highest BCUT2D eigenvalue weighted by Gasteiger charge is 2.30. The van der Waals surface area contributed by atoms with Crippen molar-refractivity contribution in [2.45, 2.75) is 17.7 Å². The first-order valence-electron chi connectivity index (χ1n) is 6.33. The summed E-state index contributed by atoms with van der Waals surface area (Å²) in [6.45, 7) is -0.269. The van der Waals surface area contributed by atoms with Crippen LogP contribution in [-0.4, -0.2) is 34.9 Å². The predicted molar refractivity (Wildman–Crippen MR) is 77.4 cm³/mol. The first kappa shape index (κ1) is 15.1. The number of amides is 3. The Labute approximate surface area is 126 Å². The van der Waals surface area contributed by atoms with Gasteiger partial charge >= 0.3 is 0 Å². The molecule has 1 aromatic carbocycles. The second-order valence-corrected chi connectivity index (χ2v) is 5.38. The summed E-state index contributed by atoms with van der Waals surface area (Å²) < 4.78 is 0. The lowest BCUT2D eigenvalue weighted by Crippen LogP contribution is -2.36. The van der Waals surface area contributed by atoms with Crippen LogP contribution in [0.1, 0.15) is 12.8 Å². The average Bonchev–Trinajstić information content (AvgIpc) is 2.78. The molecular weight excluding hydrogens is 290 g/mol.